The molecule has 0 saturated carbocycles. The topological polar surface area (TPSA) is 78.9 Å². The molecule has 0 fully saturated rings. The average Bonchev–Trinajstić information content (AvgIpc) is 2.22. The van der Waals surface area contributed by atoms with Gasteiger partial charge in [-0.3, -0.25) is 8.75 Å². The van der Waals surface area contributed by atoms with Gasteiger partial charge in [-0.25, -0.2) is 0 Å². The third kappa shape index (κ3) is 5.73. The molecule has 0 atom stereocenters. The minimum Gasteiger partial charge on any atom is -0.302 e. The fraction of sp³-hybridized carbons (Fsp3) is 1.00. The predicted molar refractivity (Wildman–Crippen MR) is 65.9 cm³/mol. The van der Waals surface area contributed by atoms with E-state index in [-0.39, 0.29) is 0 Å². The van der Waals surface area contributed by atoms with Crippen LogP contribution < -0.4 is 0 Å². The van der Waals surface area contributed by atoms with Crippen molar-refractivity contribution in [3.8, 4) is 0 Å². The summed E-state index contributed by atoms with van der Waals surface area (Å²) in [4.78, 5) is 0. The molecule has 0 amide bonds. The maximum Gasteiger partial charge on any atom is 0.523 e. The molecule has 0 aliphatic carbocycles. The fourth-order valence-corrected chi connectivity index (χ4v) is 3.24. The number of hydrogen-bond acceptors (Lipinski definition) is 6. The van der Waals surface area contributed by atoms with Gasteiger partial charge < -0.3 is 9.05 Å². The average molecular weight is 378 g/mol. The van der Waals surface area contributed by atoms with E-state index in [9.17, 15) is 34.9 Å². The highest BCUT2D eigenvalue weighted by Crippen LogP contribution is 2.63. The van der Waals surface area contributed by atoms with Crippen molar-refractivity contribution in [1.82, 2.24) is 0 Å². The second-order valence-corrected chi connectivity index (χ2v) is 8.31. The minimum atomic E-state index is -6.26. The van der Waals surface area contributed by atoms with E-state index in [2.05, 4.69) is 13.2 Å². The molecule has 0 aromatic carbocycles. The van der Waals surface area contributed by atoms with Crippen LogP contribution in [-0.4, -0.2) is 38.4 Å². The minimum absolute atomic E-state index is 1.02. The van der Waals surface area contributed by atoms with Crippen LogP contribution in [0.3, 0.4) is 0 Å². The zero-order valence-corrected chi connectivity index (χ0v) is 13.8. The Morgan fingerprint density at radius 1 is 0.955 bits per heavy atom. The van der Waals surface area contributed by atoms with Crippen LogP contribution in [0.4, 0.5) is 22.0 Å². The van der Waals surface area contributed by atoms with Crippen molar-refractivity contribution in [1.29, 1.82) is 0 Å². The normalized spacial score (nSPS) is 14.9. The monoisotopic (exact) mass is 378 g/mol. The molecule has 6 nitrogen and oxygen atoms in total. The largest absolute Gasteiger partial charge is 0.523 e. The molecule has 0 bridgehead atoms. The van der Waals surface area contributed by atoms with Crippen LogP contribution in [0.15, 0.2) is 0 Å². The highest BCUT2D eigenvalue weighted by molar-refractivity contribution is 7.87. The summed E-state index contributed by atoms with van der Waals surface area (Å²) >= 11 is 0. The molecule has 134 valence electrons. The van der Waals surface area contributed by atoms with Gasteiger partial charge in [0.25, 0.3) is 0 Å². The van der Waals surface area contributed by atoms with Gasteiger partial charge in [-0.05, 0) is 27.7 Å². The Bertz CT molecular complexity index is 501. The summed E-state index contributed by atoms with van der Waals surface area (Å²) in [7, 11) is -11.5. The molecule has 0 N–H and O–H groups in total. The van der Waals surface area contributed by atoms with E-state index < -0.39 is 47.7 Å². The van der Waals surface area contributed by atoms with E-state index in [1.54, 1.807) is 0 Å². The molecule has 0 aromatic heterocycles. The molecule has 0 rings (SSSR count). The van der Waals surface area contributed by atoms with E-state index >= 15 is 0 Å². The summed E-state index contributed by atoms with van der Waals surface area (Å²) in [5.74, 6) is 0. The smallest absolute Gasteiger partial charge is 0.302 e. The van der Waals surface area contributed by atoms with Crippen molar-refractivity contribution in [3.63, 3.8) is 0 Å². The number of alkyl halides is 5. The number of hydrogen-bond donors (Lipinski definition) is 0. The van der Waals surface area contributed by atoms with E-state index in [1.165, 1.54) is 27.7 Å². The van der Waals surface area contributed by atoms with Crippen molar-refractivity contribution < 1.29 is 48.2 Å². The molecular formula is C9H16F5O6PS. The van der Waals surface area contributed by atoms with Crippen molar-refractivity contribution in [2.75, 3.05) is 6.61 Å². The Morgan fingerprint density at radius 2 is 1.32 bits per heavy atom. The van der Waals surface area contributed by atoms with E-state index in [0.717, 1.165) is 0 Å². The quantitative estimate of drug-likeness (QED) is 0.278. The molecule has 0 unspecified atom stereocenters. The Balaban J connectivity index is 5.35. The lowest BCUT2D eigenvalue weighted by Crippen LogP contribution is -2.34. The van der Waals surface area contributed by atoms with Crippen molar-refractivity contribution in [2.45, 2.75) is 51.1 Å². The summed E-state index contributed by atoms with van der Waals surface area (Å²) in [5, 5.41) is 0. The highest BCUT2D eigenvalue weighted by Gasteiger charge is 2.57. The van der Waals surface area contributed by atoms with Gasteiger partial charge in [0.05, 0.1) is 12.2 Å². The lowest BCUT2D eigenvalue weighted by atomic mass is 10.5. The highest BCUT2D eigenvalue weighted by atomic mass is 32.2. The number of rotatable bonds is 8. The van der Waals surface area contributed by atoms with E-state index in [1.807, 2.05) is 0 Å². The van der Waals surface area contributed by atoms with Crippen LogP contribution in [0.25, 0.3) is 0 Å². The van der Waals surface area contributed by atoms with Crippen LogP contribution in [0, 0.1) is 0 Å². The molecule has 13 heteroatoms. The molecule has 0 radical (unpaired) electrons. The Kier molecular flexibility index (Phi) is 6.99. The second kappa shape index (κ2) is 7.08. The van der Waals surface area contributed by atoms with Crippen LogP contribution in [0.1, 0.15) is 27.7 Å². The zero-order valence-electron chi connectivity index (χ0n) is 12.1. The van der Waals surface area contributed by atoms with Crippen molar-refractivity contribution in [3.05, 3.63) is 0 Å². The second-order valence-electron chi connectivity index (χ2n) is 4.63. The molecule has 0 saturated heterocycles. The molecule has 0 spiro atoms. The summed E-state index contributed by atoms with van der Waals surface area (Å²) in [6, 6.07) is 0. The fourth-order valence-electron chi connectivity index (χ4n) is 1.03. The predicted octanol–water partition coefficient (Wildman–Crippen LogP) is 3.49. The SMILES string of the molecule is CC(C)OP(=O)(OC(C)C)C(F)(F)COS(=O)(=O)C(F)(F)F. The standard InChI is InChI=1S/C9H16F5O6PS/c1-6(2)19-21(15,20-7(3)4)8(10,11)5-18-22(16,17)9(12,13)14/h6-7H,5H2,1-4H3. The maximum absolute atomic E-state index is 13.8. The third-order valence-corrected chi connectivity index (χ3v) is 5.09. The van der Waals surface area contributed by atoms with Crippen molar-refractivity contribution >= 4 is 17.7 Å². The Morgan fingerprint density at radius 3 is 1.59 bits per heavy atom. The molecule has 0 aliphatic heterocycles. The van der Waals surface area contributed by atoms with Crippen LogP contribution in [-0.2, 0) is 27.9 Å². The molecular weight excluding hydrogens is 362 g/mol. The van der Waals surface area contributed by atoms with Crippen LogP contribution in [0.5, 0.6) is 0 Å². The first-order chi connectivity index (χ1) is 9.54. The molecule has 0 heterocycles. The Labute approximate surface area is 124 Å². The van der Waals surface area contributed by atoms with Gasteiger partial charge in [0, 0.05) is 0 Å². The van der Waals surface area contributed by atoms with Gasteiger partial charge in [0.15, 0.2) is 0 Å². The van der Waals surface area contributed by atoms with Gasteiger partial charge in [-0.1, -0.05) is 0 Å². The van der Waals surface area contributed by atoms with E-state index in [0.29, 0.717) is 0 Å². The molecule has 22 heavy (non-hydrogen) atoms. The molecule has 0 aromatic rings. The van der Waals surface area contributed by atoms with Crippen LogP contribution >= 0.6 is 7.60 Å². The van der Waals surface area contributed by atoms with E-state index in [4.69, 9.17) is 0 Å². The maximum atomic E-state index is 13.8. The Hall–Kier alpha value is -0.290. The summed E-state index contributed by atoms with van der Waals surface area (Å²) in [6.45, 7) is 2.62. The lowest BCUT2D eigenvalue weighted by molar-refractivity contribution is -0.0631. The molecule has 0 aliphatic rings. The zero-order chi connectivity index (χ0) is 18.0. The summed E-state index contributed by atoms with van der Waals surface area (Å²) in [6.07, 6.45) is -2.04. The summed E-state index contributed by atoms with van der Waals surface area (Å²) < 4.78 is 109. The van der Waals surface area contributed by atoms with Crippen molar-refractivity contribution in [2.24, 2.45) is 0 Å². The van der Waals surface area contributed by atoms with Gasteiger partial charge in [0.2, 0.25) is 0 Å². The third-order valence-electron chi connectivity index (χ3n) is 1.77. The first kappa shape index (κ1) is 21.7. The van der Waals surface area contributed by atoms with Gasteiger partial charge >= 0.3 is 28.9 Å². The van der Waals surface area contributed by atoms with Gasteiger partial charge in [0.1, 0.15) is 6.61 Å². The number of halogens is 5. The first-order valence-electron chi connectivity index (χ1n) is 5.84. The lowest BCUT2D eigenvalue weighted by Gasteiger charge is -2.28. The van der Waals surface area contributed by atoms with Gasteiger partial charge in [-0.2, -0.15) is 30.4 Å². The van der Waals surface area contributed by atoms with Gasteiger partial charge in [-0.15, -0.1) is 0 Å². The first-order valence-corrected chi connectivity index (χ1v) is 8.79. The summed E-state index contributed by atoms with van der Waals surface area (Å²) in [5.41, 5.74) is -10.5. The van der Waals surface area contributed by atoms with Crippen LogP contribution in [0.2, 0.25) is 0 Å².